The number of nitro groups is 1. The van der Waals surface area contributed by atoms with Crippen molar-refractivity contribution in [2.24, 2.45) is 5.92 Å². The molecule has 1 N–H and O–H groups in total. The first kappa shape index (κ1) is 14.5. The molecule has 0 bridgehead atoms. The van der Waals surface area contributed by atoms with Crippen molar-refractivity contribution in [3.8, 4) is 11.5 Å². The fraction of sp³-hybridized carbons (Fsp3) is 0.333. The van der Waals surface area contributed by atoms with E-state index in [2.05, 4.69) is 15.9 Å². The first-order valence-corrected chi connectivity index (χ1v) is 6.08. The maximum atomic E-state index is 10.9. The lowest BCUT2D eigenvalue weighted by atomic mass is 10.1. The van der Waals surface area contributed by atoms with Gasteiger partial charge in [0, 0.05) is 12.0 Å². The number of benzene rings is 1. The molecule has 18 heavy (non-hydrogen) atoms. The largest absolute Gasteiger partial charge is 0.503 e. The smallest absolute Gasteiger partial charge is 0.249 e. The van der Waals surface area contributed by atoms with Crippen molar-refractivity contribution in [2.75, 3.05) is 7.11 Å². The van der Waals surface area contributed by atoms with Crippen LogP contribution in [0.1, 0.15) is 19.4 Å². The molecule has 0 aliphatic carbocycles. The molecule has 0 radical (unpaired) electrons. The van der Waals surface area contributed by atoms with Crippen LogP contribution in [-0.4, -0.2) is 17.1 Å². The third-order valence-corrected chi connectivity index (χ3v) is 2.99. The highest BCUT2D eigenvalue weighted by atomic mass is 79.9. The molecular weight excluding hydrogens is 302 g/mol. The molecule has 1 aromatic rings. The normalized spacial score (nSPS) is 11.7. The molecule has 1 aromatic carbocycles. The summed E-state index contributed by atoms with van der Waals surface area (Å²) in [6.45, 7) is 3.50. The Balaban J connectivity index is 3.29. The predicted octanol–water partition coefficient (Wildman–Crippen LogP) is 3.44. The van der Waals surface area contributed by atoms with Crippen molar-refractivity contribution >= 4 is 22.0 Å². The first-order chi connectivity index (χ1) is 8.36. The average Bonchev–Trinajstić information content (AvgIpc) is 2.29. The van der Waals surface area contributed by atoms with E-state index >= 15 is 0 Å². The van der Waals surface area contributed by atoms with Gasteiger partial charge in [-0.3, -0.25) is 10.1 Å². The first-order valence-electron chi connectivity index (χ1n) is 5.29. The molecule has 0 fully saturated rings. The van der Waals surface area contributed by atoms with E-state index in [1.165, 1.54) is 13.2 Å². The molecular formula is C12H14BrNO4. The zero-order chi connectivity index (χ0) is 13.9. The Morgan fingerprint density at radius 1 is 1.56 bits per heavy atom. The van der Waals surface area contributed by atoms with Crippen LogP contribution in [0.4, 0.5) is 0 Å². The van der Waals surface area contributed by atoms with E-state index in [4.69, 9.17) is 4.74 Å². The molecule has 0 heterocycles. The number of aromatic hydroxyl groups is 1. The van der Waals surface area contributed by atoms with Crippen molar-refractivity contribution in [3.63, 3.8) is 0 Å². The number of ether oxygens (including phenoxy) is 1. The third kappa shape index (κ3) is 3.22. The summed E-state index contributed by atoms with van der Waals surface area (Å²) in [5.74, 6) is 0.0440. The number of allylic oxidation sites excluding steroid dienone is 1. The number of nitrogens with zero attached hydrogens (tertiary/aromatic N) is 1. The van der Waals surface area contributed by atoms with E-state index < -0.39 is 4.92 Å². The van der Waals surface area contributed by atoms with Crippen LogP contribution in [0.15, 0.2) is 22.3 Å². The zero-order valence-corrected chi connectivity index (χ0v) is 11.9. The molecule has 0 aromatic heterocycles. The monoisotopic (exact) mass is 315 g/mol. The fourth-order valence-electron chi connectivity index (χ4n) is 1.43. The van der Waals surface area contributed by atoms with Crippen LogP contribution in [0.25, 0.3) is 6.08 Å². The van der Waals surface area contributed by atoms with Gasteiger partial charge in [0.1, 0.15) is 0 Å². The van der Waals surface area contributed by atoms with Gasteiger partial charge >= 0.3 is 0 Å². The highest BCUT2D eigenvalue weighted by Gasteiger charge is 2.16. The van der Waals surface area contributed by atoms with E-state index in [1.807, 2.05) is 0 Å². The number of hydrogen-bond acceptors (Lipinski definition) is 4. The van der Waals surface area contributed by atoms with Gasteiger partial charge in [-0.1, -0.05) is 13.8 Å². The second kappa shape index (κ2) is 5.86. The zero-order valence-electron chi connectivity index (χ0n) is 10.3. The average molecular weight is 316 g/mol. The molecule has 0 saturated heterocycles. The minimum Gasteiger partial charge on any atom is -0.503 e. The number of phenols is 1. The predicted molar refractivity (Wildman–Crippen MR) is 72.2 cm³/mol. The van der Waals surface area contributed by atoms with Crippen LogP contribution in [0.5, 0.6) is 11.5 Å². The van der Waals surface area contributed by atoms with E-state index in [9.17, 15) is 15.2 Å². The Kier molecular flexibility index (Phi) is 4.72. The Bertz CT molecular complexity index is 497. The molecule has 5 nitrogen and oxygen atoms in total. The van der Waals surface area contributed by atoms with Crippen molar-refractivity contribution < 1.29 is 14.8 Å². The van der Waals surface area contributed by atoms with Crippen LogP contribution in [0.3, 0.4) is 0 Å². The summed E-state index contributed by atoms with van der Waals surface area (Å²) >= 11 is 3.17. The molecule has 98 valence electrons. The molecule has 0 spiro atoms. The van der Waals surface area contributed by atoms with Gasteiger partial charge in [-0.15, -0.1) is 0 Å². The lowest BCUT2D eigenvalue weighted by molar-refractivity contribution is -0.431. The maximum absolute atomic E-state index is 10.9. The lowest BCUT2D eigenvalue weighted by Crippen LogP contribution is -2.05. The molecule has 0 aliphatic rings. The quantitative estimate of drug-likeness (QED) is 0.682. The number of hydrogen-bond donors (Lipinski definition) is 1. The topological polar surface area (TPSA) is 72.6 Å². The summed E-state index contributed by atoms with van der Waals surface area (Å²) in [7, 11) is 1.42. The summed E-state index contributed by atoms with van der Waals surface area (Å²) in [4.78, 5) is 10.5. The molecule has 0 unspecified atom stereocenters. The summed E-state index contributed by atoms with van der Waals surface area (Å²) < 4.78 is 5.42. The van der Waals surface area contributed by atoms with Crippen LogP contribution < -0.4 is 4.74 Å². The van der Waals surface area contributed by atoms with Crippen molar-refractivity contribution in [2.45, 2.75) is 13.8 Å². The van der Waals surface area contributed by atoms with E-state index in [1.54, 1.807) is 26.0 Å². The lowest BCUT2D eigenvalue weighted by Gasteiger charge is -2.07. The Morgan fingerprint density at radius 2 is 2.17 bits per heavy atom. The van der Waals surface area contributed by atoms with Crippen LogP contribution in [0.2, 0.25) is 0 Å². The molecule has 0 aliphatic heterocycles. The van der Waals surface area contributed by atoms with E-state index in [-0.39, 0.29) is 23.1 Å². The van der Waals surface area contributed by atoms with Gasteiger partial charge in [-0.05, 0) is 33.6 Å². The van der Waals surface area contributed by atoms with Gasteiger partial charge in [-0.2, -0.15) is 0 Å². The second-order valence-electron chi connectivity index (χ2n) is 4.03. The second-order valence-corrected chi connectivity index (χ2v) is 4.89. The summed E-state index contributed by atoms with van der Waals surface area (Å²) in [6.07, 6.45) is 1.47. The molecule has 0 atom stereocenters. The third-order valence-electron chi connectivity index (χ3n) is 2.39. The van der Waals surface area contributed by atoms with Gasteiger partial charge in [-0.25, -0.2) is 0 Å². The summed E-state index contributed by atoms with van der Waals surface area (Å²) in [5, 5.41) is 20.5. The van der Waals surface area contributed by atoms with Gasteiger partial charge in [0.25, 0.3) is 0 Å². The van der Waals surface area contributed by atoms with Gasteiger partial charge in [0.15, 0.2) is 11.5 Å². The van der Waals surface area contributed by atoms with Crippen LogP contribution in [-0.2, 0) is 0 Å². The minimum absolute atomic E-state index is 0.0261. The van der Waals surface area contributed by atoms with Crippen LogP contribution >= 0.6 is 15.9 Å². The van der Waals surface area contributed by atoms with Gasteiger partial charge in [0.2, 0.25) is 5.70 Å². The molecule has 6 heteroatoms. The van der Waals surface area contributed by atoms with Crippen LogP contribution in [0, 0.1) is 16.0 Å². The SMILES string of the molecule is COc1cc(/C=C(/C(C)C)[N+](=O)[O-])cc(Br)c1O. The Labute approximate surface area is 113 Å². The van der Waals surface area contributed by atoms with Crippen molar-refractivity contribution in [3.05, 3.63) is 38.0 Å². The van der Waals surface area contributed by atoms with Gasteiger partial charge in [0.05, 0.1) is 16.5 Å². The number of rotatable bonds is 4. The van der Waals surface area contributed by atoms with E-state index in [0.717, 1.165) is 0 Å². The summed E-state index contributed by atoms with van der Waals surface area (Å²) in [5.41, 5.74) is 0.701. The highest BCUT2D eigenvalue weighted by molar-refractivity contribution is 9.10. The Hall–Kier alpha value is -1.56. The number of methoxy groups -OCH3 is 1. The number of phenolic OH excluding ortho intramolecular Hbond substituents is 1. The van der Waals surface area contributed by atoms with E-state index in [0.29, 0.717) is 10.0 Å². The van der Waals surface area contributed by atoms with Crippen molar-refractivity contribution in [1.29, 1.82) is 0 Å². The fourth-order valence-corrected chi connectivity index (χ4v) is 1.89. The standard InChI is InChI=1S/C12H14BrNO4/c1-7(2)10(14(16)17)5-8-4-9(13)12(15)11(6-8)18-3/h4-7,15H,1-3H3/b10-5-. The minimum atomic E-state index is -0.405. The van der Waals surface area contributed by atoms with Gasteiger partial charge < -0.3 is 9.84 Å². The number of halogens is 1. The Morgan fingerprint density at radius 3 is 2.61 bits per heavy atom. The summed E-state index contributed by atoms with van der Waals surface area (Å²) in [6, 6.07) is 3.15. The van der Waals surface area contributed by atoms with Crippen molar-refractivity contribution in [1.82, 2.24) is 0 Å². The molecule has 1 rings (SSSR count). The maximum Gasteiger partial charge on any atom is 0.249 e. The highest BCUT2D eigenvalue weighted by Crippen LogP contribution is 2.36. The molecule has 0 saturated carbocycles. The molecule has 0 amide bonds.